The number of hydrazone groups is 1. The molecule has 0 radical (unpaired) electrons. The van der Waals surface area contributed by atoms with Crippen molar-refractivity contribution in [2.24, 2.45) is 5.10 Å². The van der Waals surface area contributed by atoms with E-state index in [1.807, 2.05) is 36.1 Å². The van der Waals surface area contributed by atoms with E-state index in [0.29, 0.717) is 59.1 Å². The van der Waals surface area contributed by atoms with Gasteiger partial charge in [0.25, 0.3) is 0 Å². The topological polar surface area (TPSA) is 117 Å². The number of anilines is 5. The lowest BCUT2D eigenvalue weighted by molar-refractivity contribution is -0.115. The van der Waals surface area contributed by atoms with Crippen molar-refractivity contribution in [3.63, 3.8) is 0 Å². The number of carbonyl (C=O) groups excluding carboxylic acids is 1. The van der Waals surface area contributed by atoms with Gasteiger partial charge in [0.2, 0.25) is 11.9 Å². The lowest BCUT2D eigenvalue weighted by Gasteiger charge is -2.27. The largest absolute Gasteiger partial charge is 0.378 e. The van der Waals surface area contributed by atoms with Crippen molar-refractivity contribution in [1.82, 2.24) is 15.0 Å². The first-order valence-electron chi connectivity index (χ1n) is 13.0. The number of nitrogens with zero attached hydrogens (tertiary/aromatic N) is 5. The fourth-order valence-corrected chi connectivity index (χ4v) is 4.86. The summed E-state index contributed by atoms with van der Waals surface area (Å²) in [6, 6.07) is 14.3. The summed E-state index contributed by atoms with van der Waals surface area (Å²) in [6.45, 7) is 4.04. The third-order valence-corrected chi connectivity index (χ3v) is 6.56. The smallest absolute Gasteiger partial charge is 0.245 e. The van der Waals surface area contributed by atoms with Gasteiger partial charge < -0.3 is 20.3 Å². The van der Waals surface area contributed by atoms with Gasteiger partial charge in [-0.3, -0.25) is 9.78 Å². The second-order valence-corrected chi connectivity index (χ2v) is 10.4. The van der Waals surface area contributed by atoms with Gasteiger partial charge in [0.15, 0.2) is 11.6 Å². The highest BCUT2D eigenvalue weighted by Crippen LogP contribution is 2.24. The summed E-state index contributed by atoms with van der Waals surface area (Å²) in [7, 11) is 0. The van der Waals surface area contributed by atoms with Crippen LogP contribution in [0.4, 0.5) is 33.2 Å². The van der Waals surface area contributed by atoms with Crippen molar-refractivity contribution >= 4 is 64.2 Å². The SMILES string of the molecule is Cc1cc(Cl)cc(NC(=O)Cc2cc(Cl)cc(Nc3ccc(/C=N/Nc4ncc(F)c(N5CCOCC5)n4)nc3)c2)c1. The molecule has 3 N–H and O–H groups in total. The van der Waals surface area contributed by atoms with Crippen LogP contribution in [-0.2, 0) is 16.0 Å². The predicted octanol–water partition coefficient (Wildman–Crippen LogP) is 5.83. The van der Waals surface area contributed by atoms with E-state index in [0.717, 1.165) is 17.3 Å². The average Bonchev–Trinajstić information content (AvgIpc) is 2.94. The number of morpholine rings is 1. The average molecular weight is 609 g/mol. The number of hydrogen-bond acceptors (Lipinski definition) is 9. The molecule has 3 heterocycles. The maximum absolute atomic E-state index is 14.2. The summed E-state index contributed by atoms with van der Waals surface area (Å²) in [6.07, 6.45) is 4.39. The highest BCUT2D eigenvalue weighted by molar-refractivity contribution is 6.31. The van der Waals surface area contributed by atoms with Gasteiger partial charge in [-0.1, -0.05) is 23.2 Å². The van der Waals surface area contributed by atoms with E-state index in [2.05, 4.69) is 36.1 Å². The minimum atomic E-state index is -0.501. The molecular formula is C29H27Cl2FN8O2. The molecule has 1 aliphatic rings. The molecule has 5 rings (SSSR count). The van der Waals surface area contributed by atoms with E-state index in [4.69, 9.17) is 27.9 Å². The third kappa shape index (κ3) is 8.12. The molecule has 42 heavy (non-hydrogen) atoms. The summed E-state index contributed by atoms with van der Waals surface area (Å²) in [5.74, 6) is -0.313. The second-order valence-electron chi connectivity index (χ2n) is 9.52. The zero-order valence-electron chi connectivity index (χ0n) is 22.6. The molecule has 0 unspecified atom stereocenters. The Labute approximate surface area is 251 Å². The van der Waals surface area contributed by atoms with Crippen LogP contribution in [0.5, 0.6) is 0 Å². The van der Waals surface area contributed by atoms with Gasteiger partial charge in [0.05, 0.1) is 49.6 Å². The Morgan fingerprint density at radius 2 is 1.81 bits per heavy atom. The third-order valence-electron chi connectivity index (χ3n) is 6.12. The molecule has 0 saturated carbocycles. The maximum atomic E-state index is 14.2. The Morgan fingerprint density at radius 1 is 1.02 bits per heavy atom. The molecule has 10 nitrogen and oxygen atoms in total. The molecule has 0 bridgehead atoms. The van der Waals surface area contributed by atoms with Crippen LogP contribution < -0.4 is 21.0 Å². The Bertz CT molecular complexity index is 1580. The van der Waals surface area contributed by atoms with Gasteiger partial charge in [-0.05, 0) is 66.6 Å². The molecule has 1 fully saturated rings. The molecule has 1 aliphatic heterocycles. The molecule has 1 amide bonds. The van der Waals surface area contributed by atoms with E-state index < -0.39 is 5.82 Å². The van der Waals surface area contributed by atoms with Crippen LogP contribution in [0.25, 0.3) is 0 Å². The minimum absolute atomic E-state index is 0.132. The van der Waals surface area contributed by atoms with E-state index in [9.17, 15) is 9.18 Å². The highest BCUT2D eigenvalue weighted by atomic mass is 35.5. The molecule has 13 heteroatoms. The molecule has 0 atom stereocenters. The number of ether oxygens (including phenoxy) is 1. The standard InChI is InChI=1S/C29H27Cl2FN8O2/c1-18-8-20(30)13-24(9-18)37-27(41)12-19-10-21(31)14-25(11-19)36-23-3-2-22(33-15-23)16-35-39-29-34-17-26(32)28(38-29)40-4-6-42-7-5-40/h2-3,8-11,13-17,36H,4-7,12H2,1H3,(H,37,41)(H,34,38,39)/b35-16+. The van der Waals surface area contributed by atoms with E-state index >= 15 is 0 Å². The number of hydrogen-bond donors (Lipinski definition) is 3. The number of halogens is 3. The Hall–Kier alpha value is -4.32. The quantitative estimate of drug-likeness (QED) is 0.160. The van der Waals surface area contributed by atoms with E-state index in [-0.39, 0.29) is 24.1 Å². The zero-order valence-corrected chi connectivity index (χ0v) is 24.1. The summed E-state index contributed by atoms with van der Waals surface area (Å²) < 4.78 is 19.5. The van der Waals surface area contributed by atoms with Gasteiger partial charge in [0, 0.05) is 34.5 Å². The van der Waals surface area contributed by atoms with Crippen LogP contribution in [0.15, 0.2) is 66.0 Å². The Kier molecular flexibility index (Phi) is 9.42. The number of carbonyl (C=O) groups is 1. The Morgan fingerprint density at radius 3 is 2.57 bits per heavy atom. The number of nitrogens with one attached hydrogen (secondary N) is 3. The number of benzene rings is 2. The number of amides is 1. The Balaban J connectivity index is 1.17. The number of rotatable bonds is 9. The van der Waals surface area contributed by atoms with Crippen LogP contribution in [0.2, 0.25) is 10.0 Å². The van der Waals surface area contributed by atoms with E-state index in [1.165, 1.54) is 6.21 Å². The van der Waals surface area contributed by atoms with Crippen molar-refractivity contribution in [3.8, 4) is 0 Å². The van der Waals surface area contributed by atoms with E-state index in [1.54, 1.807) is 30.5 Å². The van der Waals surface area contributed by atoms with Gasteiger partial charge >= 0.3 is 0 Å². The van der Waals surface area contributed by atoms with Crippen molar-refractivity contribution in [2.45, 2.75) is 13.3 Å². The molecular weight excluding hydrogens is 582 g/mol. The fourth-order valence-electron chi connectivity index (χ4n) is 4.31. The first kappa shape index (κ1) is 29.2. The molecule has 2 aromatic carbocycles. The molecule has 216 valence electrons. The maximum Gasteiger partial charge on any atom is 0.245 e. The van der Waals surface area contributed by atoms with Crippen LogP contribution in [0.3, 0.4) is 0 Å². The van der Waals surface area contributed by atoms with Crippen molar-refractivity contribution < 1.29 is 13.9 Å². The molecule has 1 saturated heterocycles. The van der Waals surface area contributed by atoms with Crippen LogP contribution in [-0.4, -0.2) is 53.4 Å². The summed E-state index contributed by atoms with van der Waals surface area (Å²) in [4.78, 5) is 27.0. The molecule has 0 spiro atoms. The first-order valence-corrected chi connectivity index (χ1v) is 13.8. The van der Waals surface area contributed by atoms with Crippen molar-refractivity contribution in [2.75, 3.05) is 47.3 Å². The van der Waals surface area contributed by atoms with Gasteiger partial charge in [-0.2, -0.15) is 10.1 Å². The fraction of sp³-hybridized carbons (Fsp3) is 0.207. The lowest BCUT2D eigenvalue weighted by Crippen LogP contribution is -2.37. The summed E-state index contributed by atoms with van der Waals surface area (Å²) in [5.41, 5.74) is 7.04. The molecule has 4 aromatic rings. The van der Waals surface area contributed by atoms with Crippen molar-refractivity contribution in [3.05, 3.63) is 93.6 Å². The van der Waals surface area contributed by atoms with Gasteiger partial charge in [-0.15, -0.1) is 0 Å². The van der Waals surface area contributed by atoms with Gasteiger partial charge in [0.1, 0.15) is 0 Å². The van der Waals surface area contributed by atoms with Crippen LogP contribution >= 0.6 is 23.2 Å². The normalized spacial score (nSPS) is 13.3. The zero-order chi connectivity index (χ0) is 29.5. The monoisotopic (exact) mass is 608 g/mol. The predicted molar refractivity (Wildman–Crippen MR) is 164 cm³/mol. The number of aryl methyl sites for hydroxylation is 1. The van der Waals surface area contributed by atoms with Crippen molar-refractivity contribution in [1.29, 1.82) is 0 Å². The summed E-state index contributed by atoms with van der Waals surface area (Å²) in [5, 5.41) is 11.3. The van der Waals surface area contributed by atoms with Gasteiger partial charge in [-0.25, -0.2) is 14.8 Å². The van der Waals surface area contributed by atoms with Crippen LogP contribution in [0.1, 0.15) is 16.8 Å². The molecule has 2 aromatic heterocycles. The first-order chi connectivity index (χ1) is 20.3. The minimum Gasteiger partial charge on any atom is -0.378 e. The number of pyridine rings is 1. The summed E-state index contributed by atoms with van der Waals surface area (Å²) >= 11 is 12.4. The number of aromatic nitrogens is 3. The lowest BCUT2D eigenvalue weighted by atomic mass is 10.1. The van der Waals surface area contributed by atoms with Crippen LogP contribution in [0, 0.1) is 12.7 Å². The second kappa shape index (κ2) is 13.6. The highest BCUT2D eigenvalue weighted by Gasteiger charge is 2.17. The molecule has 0 aliphatic carbocycles.